The molecule has 102 valence electrons. The van der Waals surface area contributed by atoms with Gasteiger partial charge in [-0.05, 0) is 19.4 Å². The molecule has 6 heteroatoms. The minimum absolute atomic E-state index is 0.120. The van der Waals surface area contributed by atoms with Gasteiger partial charge in [0.2, 0.25) is 0 Å². The molecule has 0 saturated heterocycles. The van der Waals surface area contributed by atoms with Crippen molar-refractivity contribution in [2.45, 2.75) is 19.4 Å². The monoisotopic (exact) mass is 273 g/mol. The highest BCUT2D eigenvalue weighted by Gasteiger charge is 2.12. The normalized spacial score (nSPS) is 12.4. The van der Waals surface area contributed by atoms with Gasteiger partial charge in [0.1, 0.15) is 0 Å². The first-order chi connectivity index (χ1) is 8.58. The van der Waals surface area contributed by atoms with Gasteiger partial charge in [0.25, 0.3) is 0 Å². The fraction of sp³-hybridized carbons (Fsp3) is 0.583. The molecule has 1 aromatic heterocycles. The lowest BCUT2D eigenvalue weighted by atomic mass is 10.2. The fourth-order valence-electron chi connectivity index (χ4n) is 1.64. The molecule has 0 bridgehead atoms. The minimum atomic E-state index is 0.120. The summed E-state index contributed by atoms with van der Waals surface area (Å²) in [5.41, 5.74) is 7.96. The number of halogens is 1. The number of ether oxygens (including phenoxy) is 2. The van der Waals surface area contributed by atoms with Crippen molar-refractivity contribution in [3.8, 4) is 0 Å². The molecule has 1 heterocycles. The first kappa shape index (κ1) is 15.0. The molecule has 5 nitrogen and oxygen atoms in total. The van der Waals surface area contributed by atoms with E-state index < -0.39 is 0 Å². The summed E-state index contributed by atoms with van der Waals surface area (Å²) in [6.45, 7) is 3.09. The predicted molar refractivity (Wildman–Crippen MR) is 74.2 cm³/mol. The third-order valence-electron chi connectivity index (χ3n) is 2.54. The topological polar surface area (TPSA) is 69.4 Å². The molecule has 1 rings (SSSR count). The second-order valence-electron chi connectivity index (χ2n) is 4.09. The Labute approximate surface area is 113 Å². The summed E-state index contributed by atoms with van der Waals surface area (Å²) >= 11 is 5.95. The molecular formula is C12H20ClN3O2. The Kier molecular flexibility index (Phi) is 6.18. The molecule has 0 aliphatic heterocycles. The van der Waals surface area contributed by atoms with E-state index in [0.29, 0.717) is 24.1 Å². The fourth-order valence-corrected chi connectivity index (χ4v) is 1.88. The Morgan fingerprint density at radius 1 is 1.44 bits per heavy atom. The molecule has 1 atom stereocenters. The molecule has 0 spiro atoms. The van der Waals surface area contributed by atoms with Crippen LogP contribution < -0.4 is 11.1 Å². The van der Waals surface area contributed by atoms with Crippen molar-refractivity contribution in [2.24, 2.45) is 0 Å². The van der Waals surface area contributed by atoms with Crippen molar-refractivity contribution >= 4 is 23.0 Å². The van der Waals surface area contributed by atoms with Gasteiger partial charge < -0.3 is 20.5 Å². The standard InChI is InChI=1S/C12H20ClN3O2/c1-8-6-10(11(14)12(13)15-8)16-9(7-18-3)4-5-17-2/h6,9H,4-5,7,14H2,1-3H3,(H,15,16)/t9-/m0/s1. The van der Waals surface area contributed by atoms with Crippen LogP contribution in [0.2, 0.25) is 5.15 Å². The zero-order valence-corrected chi connectivity index (χ0v) is 11.8. The minimum Gasteiger partial charge on any atom is -0.395 e. The summed E-state index contributed by atoms with van der Waals surface area (Å²) in [5.74, 6) is 0. The molecule has 0 radical (unpaired) electrons. The largest absolute Gasteiger partial charge is 0.395 e. The number of pyridine rings is 1. The number of nitrogen functional groups attached to an aromatic ring is 1. The molecule has 0 aliphatic carbocycles. The van der Waals surface area contributed by atoms with Crippen molar-refractivity contribution in [3.63, 3.8) is 0 Å². The maximum Gasteiger partial charge on any atom is 0.154 e. The summed E-state index contributed by atoms with van der Waals surface area (Å²) in [5, 5.41) is 3.63. The third kappa shape index (κ3) is 4.33. The van der Waals surface area contributed by atoms with E-state index in [1.807, 2.05) is 13.0 Å². The van der Waals surface area contributed by atoms with Gasteiger partial charge in [0.15, 0.2) is 5.15 Å². The molecule has 0 unspecified atom stereocenters. The van der Waals surface area contributed by atoms with Gasteiger partial charge in [-0.1, -0.05) is 11.6 Å². The highest BCUT2D eigenvalue weighted by molar-refractivity contribution is 6.32. The smallest absolute Gasteiger partial charge is 0.154 e. The second kappa shape index (κ2) is 7.41. The average Bonchev–Trinajstić information content (AvgIpc) is 2.32. The van der Waals surface area contributed by atoms with Gasteiger partial charge in [0.05, 0.1) is 24.0 Å². The zero-order valence-electron chi connectivity index (χ0n) is 11.0. The molecule has 3 N–H and O–H groups in total. The van der Waals surface area contributed by atoms with Crippen LogP contribution in [-0.2, 0) is 9.47 Å². The Morgan fingerprint density at radius 2 is 2.17 bits per heavy atom. The Bertz CT molecular complexity index is 388. The van der Waals surface area contributed by atoms with Crippen molar-refractivity contribution in [1.82, 2.24) is 4.98 Å². The van der Waals surface area contributed by atoms with Gasteiger partial charge in [-0.15, -0.1) is 0 Å². The average molecular weight is 274 g/mol. The maximum absolute atomic E-state index is 5.95. The number of methoxy groups -OCH3 is 2. The summed E-state index contributed by atoms with van der Waals surface area (Å²) in [4.78, 5) is 4.09. The van der Waals surface area contributed by atoms with Crippen LogP contribution in [-0.4, -0.2) is 38.5 Å². The van der Waals surface area contributed by atoms with Crippen LogP contribution in [0.1, 0.15) is 12.1 Å². The molecule has 0 saturated carbocycles. The summed E-state index contributed by atoms with van der Waals surface area (Å²) in [6.07, 6.45) is 0.822. The Morgan fingerprint density at radius 3 is 2.78 bits per heavy atom. The molecule has 0 aliphatic rings. The van der Waals surface area contributed by atoms with E-state index in [0.717, 1.165) is 17.8 Å². The molecule has 1 aromatic rings. The number of aryl methyl sites for hydroxylation is 1. The summed E-state index contributed by atoms with van der Waals surface area (Å²) in [7, 11) is 3.33. The van der Waals surface area contributed by atoms with Crippen molar-refractivity contribution in [1.29, 1.82) is 0 Å². The third-order valence-corrected chi connectivity index (χ3v) is 2.83. The lowest BCUT2D eigenvalue weighted by Gasteiger charge is -2.20. The van der Waals surface area contributed by atoms with Crippen LogP contribution >= 0.6 is 11.6 Å². The molecule has 18 heavy (non-hydrogen) atoms. The van der Waals surface area contributed by atoms with E-state index in [2.05, 4.69) is 10.3 Å². The van der Waals surface area contributed by atoms with Crippen molar-refractivity contribution in [3.05, 3.63) is 16.9 Å². The Hall–Kier alpha value is -1.04. The van der Waals surface area contributed by atoms with Gasteiger partial charge in [-0.25, -0.2) is 4.98 Å². The van der Waals surface area contributed by atoms with Gasteiger partial charge in [-0.2, -0.15) is 0 Å². The van der Waals surface area contributed by atoms with Crippen LogP contribution in [0.25, 0.3) is 0 Å². The SMILES string of the molecule is COCC[C@@H](COC)Nc1cc(C)nc(Cl)c1N. The molecule has 0 fully saturated rings. The number of nitrogens with two attached hydrogens (primary N) is 1. The second-order valence-corrected chi connectivity index (χ2v) is 4.45. The Balaban J connectivity index is 2.79. The number of hydrogen-bond acceptors (Lipinski definition) is 5. The van der Waals surface area contributed by atoms with E-state index in [4.69, 9.17) is 26.8 Å². The van der Waals surface area contributed by atoms with E-state index >= 15 is 0 Å². The van der Waals surface area contributed by atoms with Gasteiger partial charge in [-0.3, -0.25) is 0 Å². The molecule has 0 amide bonds. The van der Waals surface area contributed by atoms with E-state index in [-0.39, 0.29) is 6.04 Å². The number of nitrogens with one attached hydrogen (secondary N) is 1. The van der Waals surface area contributed by atoms with Crippen LogP contribution in [0.4, 0.5) is 11.4 Å². The van der Waals surface area contributed by atoms with Crippen molar-refractivity contribution in [2.75, 3.05) is 38.5 Å². The lowest BCUT2D eigenvalue weighted by molar-refractivity contribution is 0.150. The zero-order chi connectivity index (χ0) is 13.5. The van der Waals surface area contributed by atoms with Crippen LogP contribution in [0, 0.1) is 6.92 Å². The van der Waals surface area contributed by atoms with Gasteiger partial charge in [0, 0.05) is 26.5 Å². The molecular weight excluding hydrogens is 254 g/mol. The first-order valence-corrected chi connectivity index (χ1v) is 6.13. The highest BCUT2D eigenvalue weighted by atomic mass is 35.5. The number of anilines is 2. The first-order valence-electron chi connectivity index (χ1n) is 5.75. The number of aromatic nitrogens is 1. The van der Waals surface area contributed by atoms with E-state index in [1.54, 1.807) is 14.2 Å². The lowest BCUT2D eigenvalue weighted by Crippen LogP contribution is -2.27. The number of rotatable bonds is 7. The van der Waals surface area contributed by atoms with Crippen molar-refractivity contribution < 1.29 is 9.47 Å². The van der Waals surface area contributed by atoms with Gasteiger partial charge >= 0.3 is 0 Å². The molecule has 0 aromatic carbocycles. The number of hydrogen-bond donors (Lipinski definition) is 2. The quantitative estimate of drug-likeness (QED) is 0.745. The maximum atomic E-state index is 5.95. The van der Waals surface area contributed by atoms with Crippen LogP contribution in [0.5, 0.6) is 0 Å². The summed E-state index contributed by atoms with van der Waals surface area (Å²) < 4.78 is 10.2. The van der Waals surface area contributed by atoms with Crippen LogP contribution in [0.3, 0.4) is 0 Å². The van der Waals surface area contributed by atoms with Crippen LogP contribution in [0.15, 0.2) is 6.07 Å². The van der Waals surface area contributed by atoms with E-state index in [1.165, 1.54) is 0 Å². The highest BCUT2D eigenvalue weighted by Crippen LogP contribution is 2.27. The predicted octanol–water partition coefficient (Wildman–Crippen LogP) is 2.09. The summed E-state index contributed by atoms with van der Waals surface area (Å²) in [6, 6.07) is 1.99. The van der Waals surface area contributed by atoms with E-state index in [9.17, 15) is 0 Å². The number of nitrogens with zero attached hydrogens (tertiary/aromatic N) is 1.